The number of hydrogen-bond acceptors (Lipinski definition) is 5. The monoisotopic (exact) mass is 468 g/mol. The lowest BCUT2D eigenvalue weighted by atomic mass is 10.2. The number of benzene rings is 2. The lowest BCUT2D eigenvalue weighted by Gasteiger charge is -2.07. The summed E-state index contributed by atoms with van der Waals surface area (Å²) >= 11 is 4.85. The molecule has 0 saturated heterocycles. The third-order valence-corrected chi connectivity index (χ3v) is 5.53. The molecule has 2 aromatic carbocycles. The zero-order valence-electron chi connectivity index (χ0n) is 15.7. The highest BCUT2D eigenvalue weighted by Crippen LogP contribution is 2.28. The van der Waals surface area contributed by atoms with Crippen LogP contribution >= 0.6 is 27.3 Å². The number of aromatic nitrogens is 3. The minimum atomic E-state index is -0.209. The van der Waals surface area contributed by atoms with Crippen molar-refractivity contribution in [3.63, 3.8) is 0 Å². The van der Waals surface area contributed by atoms with Gasteiger partial charge in [-0.25, -0.2) is 4.98 Å². The Hall–Kier alpha value is -2.97. The maximum Gasteiger partial charge on any atom is 0.256 e. The minimum absolute atomic E-state index is 0.209. The highest BCUT2D eigenvalue weighted by molar-refractivity contribution is 9.10. The third kappa shape index (κ3) is 4.23. The van der Waals surface area contributed by atoms with Crippen molar-refractivity contribution in [3.05, 3.63) is 75.7 Å². The molecule has 8 heteroatoms. The van der Waals surface area contributed by atoms with Gasteiger partial charge >= 0.3 is 0 Å². The Morgan fingerprint density at radius 2 is 1.97 bits per heavy atom. The summed E-state index contributed by atoms with van der Waals surface area (Å²) in [7, 11) is 1.64. The molecule has 6 nitrogen and oxygen atoms in total. The second-order valence-electron chi connectivity index (χ2n) is 6.29. The van der Waals surface area contributed by atoms with Crippen LogP contribution in [0.5, 0.6) is 5.75 Å². The molecule has 1 N–H and O–H groups in total. The predicted molar refractivity (Wildman–Crippen MR) is 118 cm³/mol. The predicted octanol–water partition coefficient (Wildman–Crippen LogP) is 5.33. The molecule has 2 aromatic heterocycles. The van der Waals surface area contributed by atoms with Gasteiger partial charge < -0.3 is 10.1 Å². The topological polar surface area (TPSA) is 69.0 Å². The summed E-state index contributed by atoms with van der Waals surface area (Å²) in [5.74, 6) is 1.16. The van der Waals surface area contributed by atoms with Crippen molar-refractivity contribution < 1.29 is 9.53 Å². The average molecular weight is 469 g/mol. The first-order valence-corrected chi connectivity index (χ1v) is 10.4. The molecule has 146 valence electrons. The molecular weight excluding hydrogens is 452 g/mol. The van der Waals surface area contributed by atoms with E-state index in [4.69, 9.17) is 9.72 Å². The largest absolute Gasteiger partial charge is 0.497 e. The summed E-state index contributed by atoms with van der Waals surface area (Å²) in [6.07, 6.45) is 0. The number of thiazole rings is 1. The molecule has 1 amide bonds. The maximum absolute atomic E-state index is 12.6. The molecule has 0 fully saturated rings. The number of ether oxygens (including phenoxy) is 1. The first-order valence-electron chi connectivity index (χ1n) is 8.77. The van der Waals surface area contributed by atoms with E-state index < -0.39 is 0 Å². The molecule has 4 aromatic rings. The number of nitrogens with one attached hydrogen (secondary N) is 1. The van der Waals surface area contributed by atoms with Crippen LogP contribution in [-0.2, 0) is 0 Å². The second-order valence-corrected chi connectivity index (χ2v) is 8.04. The minimum Gasteiger partial charge on any atom is -0.497 e. The summed E-state index contributed by atoms with van der Waals surface area (Å²) in [5, 5.41) is 10.1. The molecular formula is C21H17BrN4O2S. The molecule has 0 atom stereocenters. The molecule has 0 aliphatic heterocycles. The van der Waals surface area contributed by atoms with Crippen molar-refractivity contribution in [2.24, 2.45) is 0 Å². The van der Waals surface area contributed by atoms with Gasteiger partial charge in [-0.15, -0.1) is 11.3 Å². The Kier molecular flexibility index (Phi) is 5.46. The molecule has 0 radical (unpaired) electrons. The fraction of sp³-hybridized carbons (Fsp3) is 0.0952. The van der Waals surface area contributed by atoms with Gasteiger partial charge in [0.1, 0.15) is 11.6 Å². The summed E-state index contributed by atoms with van der Waals surface area (Å²) < 4.78 is 7.71. The Morgan fingerprint density at radius 3 is 2.69 bits per heavy atom. The van der Waals surface area contributed by atoms with Crippen LogP contribution in [0.25, 0.3) is 16.4 Å². The van der Waals surface area contributed by atoms with Gasteiger partial charge in [0.05, 0.1) is 18.5 Å². The summed E-state index contributed by atoms with van der Waals surface area (Å²) in [5.41, 5.74) is 3.17. The Bertz CT molecular complexity index is 1170. The maximum atomic E-state index is 12.6. The van der Waals surface area contributed by atoms with Gasteiger partial charge in [-0.3, -0.25) is 4.79 Å². The van der Waals surface area contributed by atoms with Crippen molar-refractivity contribution in [3.8, 4) is 22.1 Å². The molecule has 4 rings (SSSR count). The van der Waals surface area contributed by atoms with Gasteiger partial charge in [0.15, 0.2) is 0 Å². The average Bonchev–Trinajstić information content (AvgIpc) is 3.34. The number of carbonyl (C=O) groups excluding carboxylic acids is 1. The number of hydrogen-bond donors (Lipinski definition) is 1. The Morgan fingerprint density at radius 1 is 1.17 bits per heavy atom. The molecule has 0 saturated carbocycles. The highest BCUT2D eigenvalue weighted by atomic mass is 79.9. The van der Waals surface area contributed by atoms with E-state index in [1.54, 1.807) is 23.9 Å². The molecule has 29 heavy (non-hydrogen) atoms. The van der Waals surface area contributed by atoms with Crippen molar-refractivity contribution in [1.82, 2.24) is 14.8 Å². The van der Waals surface area contributed by atoms with Gasteiger partial charge in [0, 0.05) is 27.0 Å². The van der Waals surface area contributed by atoms with Crippen LogP contribution in [0, 0.1) is 6.92 Å². The number of amides is 1. The van der Waals surface area contributed by atoms with Crippen LogP contribution in [0.15, 0.2) is 64.5 Å². The van der Waals surface area contributed by atoms with E-state index in [2.05, 4.69) is 26.3 Å². The number of aryl methyl sites for hydroxylation is 1. The Labute approximate surface area is 180 Å². The van der Waals surface area contributed by atoms with Gasteiger partial charge in [0.25, 0.3) is 5.91 Å². The normalized spacial score (nSPS) is 10.7. The van der Waals surface area contributed by atoms with Gasteiger partial charge in [-0.1, -0.05) is 22.0 Å². The van der Waals surface area contributed by atoms with Crippen LogP contribution < -0.4 is 10.1 Å². The molecule has 0 unspecified atom stereocenters. The van der Waals surface area contributed by atoms with E-state index in [9.17, 15) is 4.79 Å². The number of nitrogens with zero attached hydrogens (tertiary/aromatic N) is 3. The van der Waals surface area contributed by atoms with Gasteiger partial charge in [0.2, 0.25) is 5.13 Å². The van der Waals surface area contributed by atoms with E-state index in [0.29, 0.717) is 16.5 Å². The fourth-order valence-electron chi connectivity index (χ4n) is 2.81. The number of halogens is 1. The lowest BCUT2D eigenvalue weighted by Crippen LogP contribution is -2.15. The van der Waals surface area contributed by atoms with Crippen LogP contribution in [0.4, 0.5) is 5.82 Å². The molecule has 0 spiro atoms. The van der Waals surface area contributed by atoms with Crippen LogP contribution in [0.1, 0.15) is 16.1 Å². The summed E-state index contributed by atoms with van der Waals surface area (Å²) in [4.78, 5) is 17.3. The van der Waals surface area contributed by atoms with E-state index in [1.807, 2.05) is 54.8 Å². The van der Waals surface area contributed by atoms with E-state index in [1.165, 1.54) is 11.3 Å². The first kappa shape index (κ1) is 19.4. The highest BCUT2D eigenvalue weighted by Gasteiger charge is 2.15. The van der Waals surface area contributed by atoms with Crippen LogP contribution in [0.3, 0.4) is 0 Å². The van der Waals surface area contributed by atoms with Crippen molar-refractivity contribution in [2.45, 2.75) is 6.92 Å². The Balaban J connectivity index is 1.61. The molecule has 0 bridgehead atoms. The molecule has 2 heterocycles. The number of rotatable bonds is 5. The van der Waals surface area contributed by atoms with E-state index >= 15 is 0 Å². The van der Waals surface area contributed by atoms with Crippen LogP contribution in [-0.4, -0.2) is 27.8 Å². The van der Waals surface area contributed by atoms with Crippen LogP contribution in [0.2, 0.25) is 0 Å². The molecule has 0 aliphatic carbocycles. The van der Waals surface area contributed by atoms with E-state index in [-0.39, 0.29) is 5.91 Å². The third-order valence-electron chi connectivity index (χ3n) is 4.22. The zero-order chi connectivity index (χ0) is 20.4. The van der Waals surface area contributed by atoms with Crippen molar-refractivity contribution in [1.29, 1.82) is 0 Å². The number of anilines is 1. The second kappa shape index (κ2) is 8.18. The lowest BCUT2D eigenvalue weighted by molar-refractivity contribution is 0.102. The van der Waals surface area contributed by atoms with Gasteiger partial charge in [-0.05, 0) is 49.4 Å². The van der Waals surface area contributed by atoms with Gasteiger partial charge in [-0.2, -0.15) is 9.78 Å². The van der Waals surface area contributed by atoms with E-state index in [0.717, 1.165) is 27.2 Å². The summed E-state index contributed by atoms with van der Waals surface area (Å²) in [6, 6.07) is 16.8. The van der Waals surface area contributed by atoms with Crippen molar-refractivity contribution in [2.75, 3.05) is 12.4 Å². The smallest absolute Gasteiger partial charge is 0.256 e. The first-order chi connectivity index (χ1) is 14.0. The summed E-state index contributed by atoms with van der Waals surface area (Å²) in [6.45, 7) is 1.88. The standard InChI is InChI=1S/C21H17BrN4O2S/c1-13-10-19(24-20(27)15-4-3-5-16(22)11-15)26(25-13)21-23-18(12-29-21)14-6-8-17(28-2)9-7-14/h3-12H,1-2H3,(H,24,27). The quantitative estimate of drug-likeness (QED) is 0.429. The molecule has 0 aliphatic rings. The van der Waals surface area contributed by atoms with Crippen molar-refractivity contribution >= 4 is 39.0 Å². The SMILES string of the molecule is COc1ccc(-c2csc(-n3nc(C)cc3NC(=O)c3cccc(Br)c3)n2)cc1. The zero-order valence-corrected chi connectivity index (χ0v) is 18.1. The fourth-order valence-corrected chi connectivity index (χ4v) is 4.00. The number of carbonyl (C=O) groups is 1. The number of methoxy groups -OCH3 is 1.